The Hall–Kier alpha value is -0.0400. The molecule has 0 aromatic carbocycles. The Labute approximate surface area is 69.8 Å². The van der Waals surface area contributed by atoms with Gasteiger partial charge in [-0.15, -0.1) is 0 Å². The Morgan fingerprint density at radius 2 is 1.82 bits per heavy atom. The molecule has 11 heavy (non-hydrogen) atoms. The first kappa shape index (κ1) is 7.60. The van der Waals surface area contributed by atoms with Crippen LogP contribution in [0.15, 0.2) is 0 Å². The third kappa shape index (κ3) is 1.44. The highest BCUT2D eigenvalue weighted by Gasteiger charge is 2.29. The summed E-state index contributed by atoms with van der Waals surface area (Å²) in [6.07, 6.45) is 7.01. The van der Waals surface area contributed by atoms with Gasteiger partial charge in [0, 0.05) is 6.04 Å². The molecule has 2 fully saturated rings. The van der Waals surface area contributed by atoms with E-state index in [2.05, 4.69) is 11.8 Å². The molecule has 63 valence electrons. The van der Waals surface area contributed by atoms with Crippen molar-refractivity contribution in [2.75, 3.05) is 13.1 Å². The Morgan fingerprint density at radius 3 is 2.64 bits per heavy atom. The molecule has 0 N–H and O–H groups in total. The lowest BCUT2D eigenvalue weighted by Crippen LogP contribution is -2.47. The minimum atomic E-state index is 0.726. The van der Waals surface area contributed by atoms with Crippen LogP contribution in [0.25, 0.3) is 0 Å². The van der Waals surface area contributed by atoms with E-state index in [4.69, 9.17) is 0 Å². The fraction of sp³-hybridized carbons (Fsp3) is 0.900. The summed E-state index contributed by atoms with van der Waals surface area (Å²) in [4.78, 5) is 2.66. The monoisotopic (exact) mass is 152 g/mol. The molecule has 2 aliphatic rings. The summed E-state index contributed by atoms with van der Waals surface area (Å²) in [6, 6.07) is 0.845. The highest BCUT2D eigenvalue weighted by molar-refractivity contribution is 4.87. The highest BCUT2D eigenvalue weighted by Crippen LogP contribution is 2.29. The van der Waals surface area contributed by atoms with Crippen molar-refractivity contribution >= 4 is 0 Å². The maximum absolute atomic E-state index is 4.24. The molecule has 0 bridgehead atoms. The van der Waals surface area contributed by atoms with Crippen LogP contribution in [0.1, 0.15) is 32.1 Å². The lowest BCUT2D eigenvalue weighted by atomic mass is 9.85. The highest BCUT2D eigenvalue weighted by atomic mass is 15.2. The maximum atomic E-state index is 4.24. The average Bonchev–Trinajstić information content (AvgIpc) is 2.06. The molecule has 2 atom stereocenters. The van der Waals surface area contributed by atoms with Gasteiger partial charge >= 0.3 is 0 Å². The van der Waals surface area contributed by atoms with Gasteiger partial charge in [-0.25, -0.2) is 0 Å². The quantitative estimate of drug-likeness (QED) is 0.513. The molecule has 0 aromatic heterocycles. The van der Waals surface area contributed by atoms with Gasteiger partial charge in [-0.1, -0.05) is 6.42 Å². The van der Waals surface area contributed by atoms with Crippen molar-refractivity contribution < 1.29 is 0 Å². The van der Waals surface area contributed by atoms with E-state index in [1.54, 1.807) is 0 Å². The minimum absolute atomic E-state index is 0.726. The lowest BCUT2D eigenvalue weighted by Gasteiger charge is -2.43. The molecular weight excluding hydrogens is 134 g/mol. The molecule has 1 radical (unpaired) electrons. The summed E-state index contributed by atoms with van der Waals surface area (Å²) in [5, 5.41) is 0. The maximum Gasteiger partial charge on any atom is 0.0123 e. The molecule has 0 aromatic rings. The van der Waals surface area contributed by atoms with Gasteiger partial charge in [0.1, 0.15) is 0 Å². The zero-order chi connectivity index (χ0) is 7.68. The van der Waals surface area contributed by atoms with Crippen LogP contribution in [-0.4, -0.2) is 24.0 Å². The van der Waals surface area contributed by atoms with Gasteiger partial charge in [0.15, 0.2) is 0 Å². The summed E-state index contributed by atoms with van der Waals surface area (Å²) >= 11 is 0. The van der Waals surface area contributed by atoms with Crippen LogP contribution < -0.4 is 0 Å². The van der Waals surface area contributed by atoms with Crippen LogP contribution in [-0.2, 0) is 0 Å². The van der Waals surface area contributed by atoms with Gasteiger partial charge in [-0.05, 0) is 51.6 Å². The van der Waals surface area contributed by atoms with Gasteiger partial charge in [-0.2, -0.15) is 0 Å². The molecule has 2 heterocycles. The first-order valence-electron chi connectivity index (χ1n) is 4.95. The molecule has 1 nitrogen and oxygen atoms in total. The van der Waals surface area contributed by atoms with Crippen LogP contribution >= 0.6 is 0 Å². The molecule has 0 spiro atoms. The summed E-state index contributed by atoms with van der Waals surface area (Å²) in [6.45, 7) is 6.93. The fourth-order valence-corrected chi connectivity index (χ4v) is 2.58. The second-order valence-electron chi connectivity index (χ2n) is 4.00. The average molecular weight is 152 g/mol. The topological polar surface area (TPSA) is 3.24 Å². The normalized spacial score (nSPS) is 40.1. The van der Waals surface area contributed by atoms with Crippen molar-refractivity contribution in [3.63, 3.8) is 0 Å². The van der Waals surface area contributed by atoms with Gasteiger partial charge < -0.3 is 4.90 Å². The van der Waals surface area contributed by atoms with E-state index in [9.17, 15) is 0 Å². The third-order valence-electron chi connectivity index (χ3n) is 3.23. The smallest absolute Gasteiger partial charge is 0.0123 e. The fourth-order valence-electron chi connectivity index (χ4n) is 2.58. The van der Waals surface area contributed by atoms with Gasteiger partial charge in [-0.3, -0.25) is 0 Å². The molecule has 0 saturated carbocycles. The molecule has 0 aliphatic carbocycles. The van der Waals surface area contributed by atoms with Crippen LogP contribution in [0.2, 0.25) is 0 Å². The molecule has 2 rings (SSSR count). The summed E-state index contributed by atoms with van der Waals surface area (Å²) in [5.74, 6) is 0.726. The van der Waals surface area contributed by atoms with E-state index in [1.165, 1.54) is 45.2 Å². The van der Waals surface area contributed by atoms with Crippen molar-refractivity contribution in [1.29, 1.82) is 0 Å². The molecule has 1 heteroatoms. The molecule has 2 saturated heterocycles. The first-order chi connectivity index (χ1) is 5.38. The lowest BCUT2D eigenvalue weighted by molar-refractivity contribution is 0.0774. The standard InChI is InChI=1S/C10H18N/c1-9-5-4-8-11-7-3-2-6-10(9)11/h9-10H,1-8H2. The van der Waals surface area contributed by atoms with Crippen LogP contribution in [0.5, 0.6) is 0 Å². The zero-order valence-electron chi connectivity index (χ0n) is 7.26. The predicted octanol–water partition coefficient (Wildman–Crippen LogP) is 2.08. The van der Waals surface area contributed by atoms with Crippen molar-refractivity contribution in [1.82, 2.24) is 4.90 Å². The van der Waals surface area contributed by atoms with Gasteiger partial charge in [0.25, 0.3) is 0 Å². The Balaban J connectivity index is 1.99. The number of hydrogen-bond donors (Lipinski definition) is 0. The van der Waals surface area contributed by atoms with Crippen LogP contribution in [0.3, 0.4) is 0 Å². The SMILES string of the molecule is [CH2]C1CCCN2CCCCC12. The molecular formula is C10H18N. The van der Waals surface area contributed by atoms with Crippen molar-refractivity contribution in [3.05, 3.63) is 6.92 Å². The molecule has 0 amide bonds. The zero-order valence-corrected chi connectivity index (χ0v) is 7.26. The predicted molar refractivity (Wildman–Crippen MR) is 47.3 cm³/mol. The van der Waals surface area contributed by atoms with E-state index in [1.807, 2.05) is 0 Å². The van der Waals surface area contributed by atoms with E-state index in [0.717, 1.165) is 12.0 Å². The van der Waals surface area contributed by atoms with E-state index in [-0.39, 0.29) is 0 Å². The number of fused-ring (bicyclic) bond motifs is 1. The molecule has 2 unspecified atom stereocenters. The summed E-state index contributed by atoms with van der Waals surface area (Å²) in [7, 11) is 0. The van der Waals surface area contributed by atoms with Gasteiger partial charge in [0.05, 0.1) is 0 Å². The number of hydrogen-bond acceptors (Lipinski definition) is 1. The largest absolute Gasteiger partial charge is 0.300 e. The van der Waals surface area contributed by atoms with Gasteiger partial charge in [0.2, 0.25) is 0 Å². The first-order valence-corrected chi connectivity index (χ1v) is 4.95. The Morgan fingerprint density at radius 1 is 1.00 bits per heavy atom. The van der Waals surface area contributed by atoms with Crippen molar-refractivity contribution in [2.45, 2.75) is 38.1 Å². The third-order valence-corrected chi connectivity index (χ3v) is 3.23. The summed E-state index contributed by atoms with van der Waals surface area (Å²) in [5.41, 5.74) is 0. The van der Waals surface area contributed by atoms with Crippen molar-refractivity contribution in [3.8, 4) is 0 Å². The summed E-state index contributed by atoms with van der Waals surface area (Å²) < 4.78 is 0. The number of piperidine rings is 2. The minimum Gasteiger partial charge on any atom is -0.300 e. The van der Waals surface area contributed by atoms with Crippen LogP contribution in [0.4, 0.5) is 0 Å². The Kier molecular flexibility index (Phi) is 2.17. The van der Waals surface area contributed by atoms with E-state index >= 15 is 0 Å². The van der Waals surface area contributed by atoms with Crippen molar-refractivity contribution in [2.24, 2.45) is 5.92 Å². The second kappa shape index (κ2) is 3.14. The van der Waals surface area contributed by atoms with Crippen LogP contribution in [0, 0.1) is 12.8 Å². The molecule has 2 aliphatic heterocycles. The Bertz CT molecular complexity index is 131. The number of rotatable bonds is 0. The van der Waals surface area contributed by atoms with E-state index in [0.29, 0.717) is 0 Å². The second-order valence-corrected chi connectivity index (χ2v) is 4.00. The van der Waals surface area contributed by atoms with E-state index < -0.39 is 0 Å². The number of nitrogens with zero attached hydrogens (tertiary/aromatic N) is 1.